The molecule has 0 spiro atoms. The van der Waals surface area contributed by atoms with Gasteiger partial charge in [0.1, 0.15) is 0 Å². The Hall–Kier alpha value is -0.210. The molecular weight excluding hydrogens is 290 g/mol. The van der Waals surface area contributed by atoms with Crippen molar-refractivity contribution in [3.63, 3.8) is 0 Å². The van der Waals surface area contributed by atoms with E-state index in [1.807, 2.05) is 6.92 Å². The molecule has 0 bridgehead atoms. The Balaban J connectivity index is 2.51. The van der Waals surface area contributed by atoms with Crippen molar-refractivity contribution in [1.29, 1.82) is 0 Å². The lowest BCUT2D eigenvalue weighted by Crippen LogP contribution is -2.55. The van der Waals surface area contributed by atoms with E-state index in [9.17, 15) is 13.5 Å². The number of hydrogen-bond acceptors (Lipinski definition) is 5. The van der Waals surface area contributed by atoms with Crippen LogP contribution in [0.2, 0.25) is 0 Å². The van der Waals surface area contributed by atoms with Gasteiger partial charge in [0.15, 0.2) is 0 Å². The SMILES string of the molecule is CCCNC(C)(CO)CC(C)N1CCN(S(C)(=O)=O)CC1. The maximum absolute atomic E-state index is 11.5. The quantitative estimate of drug-likeness (QED) is 0.663. The van der Waals surface area contributed by atoms with E-state index in [-0.39, 0.29) is 12.1 Å². The van der Waals surface area contributed by atoms with Gasteiger partial charge in [0.2, 0.25) is 10.0 Å². The van der Waals surface area contributed by atoms with E-state index in [0.717, 1.165) is 32.5 Å². The minimum atomic E-state index is -3.07. The highest BCUT2D eigenvalue weighted by molar-refractivity contribution is 7.88. The van der Waals surface area contributed by atoms with E-state index in [1.165, 1.54) is 10.6 Å². The molecule has 0 radical (unpaired) electrons. The van der Waals surface area contributed by atoms with E-state index in [2.05, 4.69) is 24.1 Å². The molecule has 0 aliphatic carbocycles. The molecule has 21 heavy (non-hydrogen) atoms. The zero-order valence-electron chi connectivity index (χ0n) is 13.8. The highest BCUT2D eigenvalue weighted by Gasteiger charge is 2.30. The van der Waals surface area contributed by atoms with E-state index < -0.39 is 10.0 Å². The Labute approximate surface area is 129 Å². The molecule has 7 heteroatoms. The molecule has 0 aromatic carbocycles. The smallest absolute Gasteiger partial charge is 0.211 e. The zero-order chi connectivity index (χ0) is 16.1. The molecule has 2 atom stereocenters. The maximum Gasteiger partial charge on any atom is 0.211 e. The van der Waals surface area contributed by atoms with E-state index in [4.69, 9.17) is 0 Å². The summed E-state index contributed by atoms with van der Waals surface area (Å²) in [4.78, 5) is 2.31. The first-order chi connectivity index (χ1) is 9.72. The summed E-state index contributed by atoms with van der Waals surface area (Å²) in [6.07, 6.45) is 3.16. The normalized spacial score (nSPS) is 22.9. The van der Waals surface area contributed by atoms with Gasteiger partial charge in [-0.05, 0) is 33.2 Å². The second-order valence-corrected chi connectivity index (χ2v) is 8.38. The second kappa shape index (κ2) is 7.87. The van der Waals surface area contributed by atoms with Gasteiger partial charge in [-0.1, -0.05) is 6.92 Å². The zero-order valence-corrected chi connectivity index (χ0v) is 14.6. The molecule has 1 fully saturated rings. The molecule has 1 saturated heterocycles. The van der Waals surface area contributed by atoms with Crippen molar-refractivity contribution < 1.29 is 13.5 Å². The number of aliphatic hydroxyl groups excluding tert-OH is 1. The molecule has 1 heterocycles. The van der Waals surface area contributed by atoms with Crippen LogP contribution in [0, 0.1) is 0 Å². The summed E-state index contributed by atoms with van der Waals surface area (Å²) in [5.74, 6) is 0. The number of rotatable bonds is 8. The van der Waals surface area contributed by atoms with Crippen LogP contribution in [0.3, 0.4) is 0 Å². The first kappa shape index (κ1) is 18.8. The molecule has 0 amide bonds. The van der Waals surface area contributed by atoms with Gasteiger partial charge < -0.3 is 10.4 Å². The first-order valence-electron chi connectivity index (χ1n) is 7.77. The minimum absolute atomic E-state index is 0.112. The highest BCUT2D eigenvalue weighted by Crippen LogP contribution is 2.18. The lowest BCUT2D eigenvalue weighted by atomic mass is 9.93. The lowest BCUT2D eigenvalue weighted by molar-refractivity contribution is 0.0931. The Morgan fingerprint density at radius 3 is 2.29 bits per heavy atom. The summed E-state index contributed by atoms with van der Waals surface area (Å²) in [5.41, 5.74) is -0.274. The van der Waals surface area contributed by atoms with Crippen LogP contribution in [0.25, 0.3) is 0 Å². The summed E-state index contributed by atoms with van der Waals surface area (Å²) in [6.45, 7) is 9.93. The van der Waals surface area contributed by atoms with Gasteiger partial charge in [-0.3, -0.25) is 4.90 Å². The van der Waals surface area contributed by atoms with Crippen LogP contribution in [0.5, 0.6) is 0 Å². The summed E-state index contributed by atoms with van der Waals surface area (Å²) in [6, 6.07) is 0.313. The number of piperazine rings is 1. The van der Waals surface area contributed by atoms with Gasteiger partial charge in [-0.15, -0.1) is 0 Å². The molecule has 6 nitrogen and oxygen atoms in total. The van der Waals surface area contributed by atoms with E-state index >= 15 is 0 Å². The highest BCUT2D eigenvalue weighted by atomic mass is 32.2. The minimum Gasteiger partial charge on any atom is -0.394 e. The van der Waals surface area contributed by atoms with Gasteiger partial charge in [0.05, 0.1) is 12.9 Å². The largest absolute Gasteiger partial charge is 0.394 e. The van der Waals surface area contributed by atoms with Gasteiger partial charge >= 0.3 is 0 Å². The third kappa shape index (κ3) is 5.83. The van der Waals surface area contributed by atoms with Crippen molar-refractivity contribution in [2.24, 2.45) is 0 Å². The van der Waals surface area contributed by atoms with Gasteiger partial charge in [0.25, 0.3) is 0 Å². The summed E-state index contributed by atoms with van der Waals surface area (Å²) < 4.78 is 24.6. The van der Waals surface area contributed by atoms with Crippen LogP contribution >= 0.6 is 0 Å². The van der Waals surface area contributed by atoms with Crippen LogP contribution in [0.4, 0.5) is 0 Å². The molecule has 2 N–H and O–H groups in total. The van der Waals surface area contributed by atoms with Crippen molar-refractivity contribution in [3.05, 3.63) is 0 Å². The van der Waals surface area contributed by atoms with Gasteiger partial charge in [-0.2, -0.15) is 4.31 Å². The molecule has 2 unspecified atom stereocenters. The fraction of sp³-hybridized carbons (Fsp3) is 1.00. The molecule has 0 aromatic heterocycles. The molecule has 1 aliphatic rings. The molecule has 0 aromatic rings. The van der Waals surface area contributed by atoms with Crippen LogP contribution in [0.15, 0.2) is 0 Å². The fourth-order valence-corrected chi connectivity index (χ4v) is 3.70. The Morgan fingerprint density at radius 1 is 1.29 bits per heavy atom. The standard InChI is InChI=1S/C14H31N3O3S/c1-5-6-15-14(3,12-18)11-13(2)16-7-9-17(10-8-16)21(4,19)20/h13,15,18H,5-12H2,1-4H3. The fourth-order valence-electron chi connectivity index (χ4n) is 2.88. The van der Waals surface area contributed by atoms with E-state index in [0.29, 0.717) is 19.1 Å². The lowest BCUT2D eigenvalue weighted by Gasteiger charge is -2.40. The van der Waals surface area contributed by atoms with E-state index in [1.54, 1.807) is 0 Å². The van der Waals surface area contributed by atoms with Crippen molar-refractivity contribution in [1.82, 2.24) is 14.5 Å². The maximum atomic E-state index is 11.5. The first-order valence-corrected chi connectivity index (χ1v) is 9.62. The number of nitrogens with one attached hydrogen (secondary N) is 1. The van der Waals surface area contributed by atoms with Crippen LogP contribution in [-0.4, -0.2) is 79.9 Å². The Kier molecular flexibility index (Phi) is 7.06. The third-order valence-electron chi connectivity index (χ3n) is 4.26. The molecule has 1 rings (SSSR count). The number of sulfonamides is 1. The summed E-state index contributed by atoms with van der Waals surface area (Å²) in [7, 11) is -3.07. The summed E-state index contributed by atoms with van der Waals surface area (Å²) >= 11 is 0. The molecule has 126 valence electrons. The Bertz CT molecular complexity index is 408. The monoisotopic (exact) mass is 321 g/mol. The van der Waals surface area contributed by atoms with Crippen LogP contribution < -0.4 is 5.32 Å². The second-order valence-electron chi connectivity index (χ2n) is 6.40. The third-order valence-corrected chi connectivity index (χ3v) is 5.57. The van der Waals surface area contributed by atoms with Gasteiger partial charge in [-0.25, -0.2) is 8.42 Å². The predicted octanol–water partition coefficient (Wildman–Crippen LogP) is 0.0928. The van der Waals surface area contributed by atoms with Gasteiger partial charge in [0, 0.05) is 37.8 Å². The van der Waals surface area contributed by atoms with Crippen LogP contribution in [0.1, 0.15) is 33.6 Å². The van der Waals surface area contributed by atoms with Crippen molar-refractivity contribution in [2.75, 3.05) is 45.6 Å². The number of nitrogens with zero attached hydrogens (tertiary/aromatic N) is 2. The topological polar surface area (TPSA) is 72.9 Å². The summed E-state index contributed by atoms with van der Waals surface area (Å²) in [5, 5.41) is 13.1. The molecule has 0 saturated carbocycles. The average molecular weight is 321 g/mol. The predicted molar refractivity (Wildman–Crippen MR) is 85.9 cm³/mol. The van der Waals surface area contributed by atoms with Crippen molar-refractivity contribution in [2.45, 2.75) is 45.2 Å². The van der Waals surface area contributed by atoms with Crippen LogP contribution in [-0.2, 0) is 10.0 Å². The number of hydrogen-bond donors (Lipinski definition) is 2. The molecule has 1 aliphatic heterocycles. The van der Waals surface area contributed by atoms with Crippen molar-refractivity contribution in [3.8, 4) is 0 Å². The van der Waals surface area contributed by atoms with Crippen molar-refractivity contribution >= 4 is 10.0 Å². The molecular formula is C14H31N3O3S. The average Bonchev–Trinajstić information content (AvgIpc) is 2.44. The number of aliphatic hydroxyl groups is 1. The Morgan fingerprint density at radius 2 is 1.86 bits per heavy atom.